The Morgan fingerprint density at radius 3 is 2.45 bits per heavy atom. The fourth-order valence-corrected chi connectivity index (χ4v) is 5.08. The van der Waals surface area contributed by atoms with Crippen molar-refractivity contribution in [3.63, 3.8) is 0 Å². The molecule has 38 heavy (non-hydrogen) atoms. The van der Waals surface area contributed by atoms with Crippen molar-refractivity contribution in [1.29, 1.82) is 0 Å². The van der Waals surface area contributed by atoms with Crippen LogP contribution in [0.25, 0.3) is 10.8 Å². The second kappa shape index (κ2) is 11.0. The highest BCUT2D eigenvalue weighted by atomic mass is 35.5. The number of phenols is 1. The number of carbonyl (C=O) groups is 1. The molecule has 0 unspecified atom stereocenters. The summed E-state index contributed by atoms with van der Waals surface area (Å²) in [5.74, 6) is -0.848. The zero-order valence-corrected chi connectivity index (χ0v) is 22.4. The molecule has 0 aliphatic carbocycles. The zero-order chi connectivity index (χ0) is 27.6. The van der Waals surface area contributed by atoms with E-state index in [0.717, 1.165) is 6.07 Å². The fourth-order valence-electron chi connectivity index (χ4n) is 3.80. The van der Waals surface area contributed by atoms with Crippen LogP contribution in [-0.2, 0) is 10.1 Å². The van der Waals surface area contributed by atoms with Crippen molar-refractivity contribution in [3.8, 4) is 11.5 Å². The highest BCUT2D eigenvalue weighted by Crippen LogP contribution is 2.42. The van der Waals surface area contributed by atoms with Gasteiger partial charge in [-0.15, -0.1) is 10.2 Å². The molecular weight excluding hydrogens is 553 g/mol. The number of anilines is 1. The number of aryl methyl sites for hydroxylation is 1. The van der Waals surface area contributed by atoms with E-state index in [1.165, 1.54) is 19.1 Å². The van der Waals surface area contributed by atoms with Gasteiger partial charge >= 0.3 is 0 Å². The number of phenolic OH excluding ortho intramolecular Hbond substituents is 1. The van der Waals surface area contributed by atoms with E-state index < -0.39 is 26.7 Å². The van der Waals surface area contributed by atoms with E-state index in [2.05, 4.69) is 15.5 Å². The number of fused-ring (bicyclic) bond motifs is 1. The molecule has 3 N–H and O–H groups in total. The third kappa shape index (κ3) is 5.58. The van der Waals surface area contributed by atoms with Crippen LogP contribution in [0.15, 0.2) is 75.8 Å². The summed E-state index contributed by atoms with van der Waals surface area (Å²) in [6.07, 6.45) is 0. The molecule has 12 heteroatoms. The maximum Gasteiger partial charge on any atom is 0.296 e. The first-order valence-electron chi connectivity index (χ1n) is 11.2. The SMILES string of the molecule is CCOc1cccc(Cl)c1NC(=O)c1cc2ccccc2c(N=Nc2c(C)cc(Cl)cc2S(=O)(=O)O)c1O. The van der Waals surface area contributed by atoms with Crippen molar-refractivity contribution >= 4 is 67.1 Å². The lowest BCUT2D eigenvalue weighted by Gasteiger charge is -2.15. The van der Waals surface area contributed by atoms with E-state index >= 15 is 0 Å². The number of ether oxygens (including phenoxy) is 1. The number of para-hydroxylation sites is 1. The molecule has 4 aromatic carbocycles. The van der Waals surface area contributed by atoms with Crippen molar-refractivity contribution in [2.45, 2.75) is 18.7 Å². The van der Waals surface area contributed by atoms with Gasteiger partial charge in [-0.05, 0) is 55.1 Å². The Morgan fingerprint density at radius 1 is 1.03 bits per heavy atom. The number of amides is 1. The number of nitrogens with one attached hydrogen (secondary N) is 1. The van der Waals surface area contributed by atoms with Crippen LogP contribution in [0.4, 0.5) is 17.1 Å². The van der Waals surface area contributed by atoms with Crippen LogP contribution in [0.1, 0.15) is 22.8 Å². The molecule has 0 saturated heterocycles. The van der Waals surface area contributed by atoms with Crippen LogP contribution in [0.2, 0.25) is 10.0 Å². The Morgan fingerprint density at radius 2 is 1.74 bits per heavy atom. The standard InChI is InChI=1S/C26H21Cl2N3O6S/c1-3-37-20-10-6-9-19(28)24(20)29-26(33)18-12-15-7-4-5-8-17(15)23(25(18)32)31-30-22-14(2)11-16(27)13-21(22)38(34,35)36/h4-13,32H,3H2,1-2H3,(H,29,33)(H,34,35,36). The predicted molar refractivity (Wildman–Crippen MR) is 146 cm³/mol. The van der Waals surface area contributed by atoms with Crippen LogP contribution in [0.3, 0.4) is 0 Å². The Bertz CT molecular complexity index is 1710. The van der Waals surface area contributed by atoms with Crippen molar-refractivity contribution in [3.05, 3.63) is 81.8 Å². The molecule has 4 rings (SSSR count). The lowest BCUT2D eigenvalue weighted by atomic mass is 10.0. The summed E-state index contributed by atoms with van der Waals surface area (Å²) in [4.78, 5) is 12.8. The molecule has 0 saturated carbocycles. The quantitative estimate of drug-likeness (QED) is 0.155. The first-order valence-corrected chi connectivity index (χ1v) is 13.4. The largest absolute Gasteiger partial charge is 0.505 e. The minimum absolute atomic E-state index is 0.0760. The number of aromatic hydroxyl groups is 1. The molecule has 0 atom stereocenters. The molecule has 0 fully saturated rings. The first kappa shape index (κ1) is 27.3. The molecule has 0 aliphatic rings. The summed E-state index contributed by atoms with van der Waals surface area (Å²) in [5, 5.41) is 23.2. The second-order valence-corrected chi connectivity index (χ2v) is 10.3. The van der Waals surface area contributed by atoms with Gasteiger partial charge in [-0.3, -0.25) is 9.35 Å². The van der Waals surface area contributed by atoms with Gasteiger partial charge in [-0.1, -0.05) is 53.5 Å². The summed E-state index contributed by atoms with van der Waals surface area (Å²) < 4.78 is 39.1. The summed E-state index contributed by atoms with van der Waals surface area (Å²) in [6, 6.07) is 15.7. The van der Waals surface area contributed by atoms with Crippen molar-refractivity contribution in [2.24, 2.45) is 10.2 Å². The van der Waals surface area contributed by atoms with Gasteiger partial charge in [0.2, 0.25) is 0 Å². The van der Waals surface area contributed by atoms with E-state index in [1.54, 1.807) is 49.4 Å². The minimum Gasteiger partial charge on any atom is -0.505 e. The second-order valence-electron chi connectivity index (χ2n) is 8.09. The molecular formula is C26H21Cl2N3O6S. The number of nitrogens with zero attached hydrogens (tertiary/aromatic N) is 2. The summed E-state index contributed by atoms with van der Waals surface area (Å²) in [5.41, 5.74) is 0.142. The van der Waals surface area contributed by atoms with E-state index in [4.69, 9.17) is 27.9 Å². The molecule has 0 radical (unpaired) electrons. The number of rotatable bonds is 7. The summed E-state index contributed by atoms with van der Waals surface area (Å²) >= 11 is 12.3. The fraction of sp³-hybridized carbons (Fsp3) is 0.115. The molecule has 4 aromatic rings. The van der Waals surface area contributed by atoms with Gasteiger partial charge in [-0.25, -0.2) is 0 Å². The summed E-state index contributed by atoms with van der Waals surface area (Å²) in [7, 11) is -4.69. The van der Waals surface area contributed by atoms with Crippen LogP contribution in [-0.4, -0.2) is 30.6 Å². The van der Waals surface area contributed by atoms with Gasteiger partial charge in [0.1, 0.15) is 27.7 Å². The number of benzene rings is 4. The molecule has 196 valence electrons. The van der Waals surface area contributed by atoms with Crippen molar-refractivity contribution in [1.82, 2.24) is 0 Å². The highest BCUT2D eigenvalue weighted by molar-refractivity contribution is 7.86. The molecule has 0 aromatic heterocycles. The topological polar surface area (TPSA) is 138 Å². The normalized spacial score (nSPS) is 11.7. The first-order chi connectivity index (χ1) is 18.0. The third-order valence-corrected chi connectivity index (χ3v) is 6.91. The van der Waals surface area contributed by atoms with Gasteiger partial charge in [0.05, 0.1) is 17.2 Å². The average molecular weight is 574 g/mol. The highest BCUT2D eigenvalue weighted by Gasteiger charge is 2.22. The average Bonchev–Trinajstić information content (AvgIpc) is 2.85. The number of azo groups is 1. The number of hydrogen-bond acceptors (Lipinski definition) is 7. The van der Waals surface area contributed by atoms with Gasteiger partial charge in [-0.2, -0.15) is 8.42 Å². The van der Waals surface area contributed by atoms with Gasteiger partial charge in [0.15, 0.2) is 5.75 Å². The molecule has 0 aliphatic heterocycles. The number of hydrogen-bond donors (Lipinski definition) is 3. The Balaban J connectivity index is 1.85. The maximum absolute atomic E-state index is 13.3. The van der Waals surface area contributed by atoms with E-state index in [-0.39, 0.29) is 32.7 Å². The molecule has 0 spiro atoms. The third-order valence-electron chi connectivity index (χ3n) is 5.51. The summed E-state index contributed by atoms with van der Waals surface area (Å²) in [6.45, 7) is 3.66. The number of halogens is 2. The lowest BCUT2D eigenvalue weighted by Crippen LogP contribution is -2.14. The molecule has 9 nitrogen and oxygen atoms in total. The van der Waals surface area contributed by atoms with Crippen molar-refractivity contribution in [2.75, 3.05) is 11.9 Å². The monoisotopic (exact) mass is 573 g/mol. The Kier molecular flexibility index (Phi) is 7.89. The zero-order valence-electron chi connectivity index (χ0n) is 20.1. The van der Waals surface area contributed by atoms with Crippen LogP contribution >= 0.6 is 23.2 Å². The van der Waals surface area contributed by atoms with Crippen LogP contribution < -0.4 is 10.1 Å². The maximum atomic E-state index is 13.3. The molecule has 0 bridgehead atoms. The van der Waals surface area contributed by atoms with E-state index in [9.17, 15) is 22.9 Å². The Hall–Kier alpha value is -3.70. The van der Waals surface area contributed by atoms with Gasteiger partial charge < -0.3 is 15.2 Å². The van der Waals surface area contributed by atoms with E-state index in [0.29, 0.717) is 28.7 Å². The van der Waals surface area contributed by atoms with Crippen molar-refractivity contribution < 1.29 is 27.6 Å². The number of carbonyl (C=O) groups excluding carboxylic acids is 1. The Labute approximate surface area is 228 Å². The van der Waals surface area contributed by atoms with Crippen LogP contribution in [0, 0.1) is 6.92 Å². The minimum atomic E-state index is -4.69. The smallest absolute Gasteiger partial charge is 0.296 e. The molecule has 1 amide bonds. The lowest BCUT2D eigenvalue weighted by molar-refractivity contribution is 0.102. The predicted octanol–water partition coefficient (Wildman–Crippen LogP) is 7.47. The van der Waals surface area contributed by atoms with Gasteiger partial charge in [0, 0.05) is 10.4 Å². The van der Waals surface area contributed by atoms with E-state index in [1.807, 2.05) is 0 Å². The van der Waals surface area contributed by atoms with Gasteiger partial charge in [0.25, 0.3) is 16.0 Å². The molecule has 0 heterocycles. The van der Waals surface area contributed by atoms with Crippen LogP contribution in [0.5, 0.6) is 11.5 Å².